The smallest absolute Gasteiger partial charge is 0.302 e. The summed E-state index contributed by atoms with van der Waals surface area (Å²) >= 11 is 0.696. The van der Waals surface area contributed by atoms with Crippen molar-refractivity contribution >= 4 is 39.5 Å². The van der Waals surface area contributed by atoms with E-state index in [9.17, 15) is 4.57 Å². The van der Waals surface area contributed by atoms with E-state index in [2.05, 4.69) is 3.97 Å². The largest absolute Gasteiger partial charge is 0.481 e. The Labute approximate surface area is 99.4 Å². The Hall–Kier alpha value is 0.380. The first-order valence-electron chi connectivity index (χ1n) is 3.82. The SMILES string of the molecule is O=P(O)(O)OSSSCc1ccccc1. The van der Waals surface area contributed by atoms with Crippen molar-refractivity contribution in [2.75, 3.05) is 0 Å². The molecule has 8 heteroatoms. The van der Waals surface area contributed by atoms with Crippen LogP contribution in [0.3, 0.4) is 0 Å². The highest BCUT2D eigenvalue weighted by atomic mass is 33.5. The van der Waals surface area contributed by atoms with Crippen LogP contribution in [0.15, 0.2) is 30.3 Å². The number of rotatable bonds is 6. The fourth-order valence-corrected chi connectivity index (χ4v) is 4.64. The summed E-state index contributed by atoms with van der Waals surface area (Å²) in [5, 5.41) is 0. The van der Waals surface area contributed by atoms with Crippen LogP contribution in [-0.2, 0) is 14.3 Å². The van der Waals surface area contributed by atoms with Crippen LogP contribution in [0.2, 0.25) is 0 Å². The third kappa shape index (κ3) is 7.30. The summed E-state index contributed by atoms with van der Waals surface area (Å²) in [5.41, 5.74) is 1.16. The summed E-state index contributed by atoms with van der Waals surface area (Å²) in [6.07, 6.45) is 0. The van der Waals surface area contributed by atoms with Crippen LogP contribution in [0.25, 0.3) is 0 Å². The van der Waals surface area contributed by atoms with Gasteiger partial charge in [0, 0.05) is 15.6 Å². The quantitative estimate of drug-likeness (QED) is 0.360. The van der Waals surface area contributed by atoms with Gasteiger partial charge in [-0.15, -0.1) is 0 Å². The highest BCUT2D eigenvalue weighted by molar-refractivity contribution is 9.08. The van der Waals surface area contributed by atoms with Gasteiger partial charge in [0.15, 0.2) is 0 Å². The van der Waals surface area contributed by atoms with Crippen molar-refractivity contribution in [2.45, 2.75) is 5.75 Å². The molecule has 0 radical (unpaired) electrons. The standard InChI is InChI=1S/C7H9O4PS3/c8-12(9,10)11-14-15-13-6-7-4-2-1-3-5-7/h1-5H,6H2,(H2,8,9,10). The number of phosphoric acid groups is 1. The van der Waals surface area contributed by atoms with Crippen LogP contribution in [0.1, 0.15) is 5.56 Å². The molecule has 0 saturated heterocycles. The second kappa shape index (κ2) is 6.85. The fourth-order valence-electron chi connectivity index (χ4n) is 0.738. The Morgan fingerprint density at radius 3 is 2.53 bits per heavy atom. The van der Waals surface area contributed by atoms with E-state index in [4.69, 9.17) is 9.79 Å². The molecule has 0 atom stereocenters. The third-order valence-electron chi connectivity index (χ3n) is 1.27. The molecule has 0 aliphatic carbocycles. The summed E-state index contributed by atoms with van der Waals surface area (Å²) in [6, 6.07) is 9.80. The van der Waals surface area contributed by atoms with Gasteiger partial charge in [-0.05, 0) is 5.56 Å². The highest BCUT2D eigenvalue weighted by Crippen LogP contribution is 2.48. The molecule has 0 heterocycles. The van der Waals surface area contributed by atoms with Gasteiger partial charge in [-0.2, -0.15) is 0 Å². The average molecular weight is 284 g/mol. The Morgan fingerprint density at radius 1 is 1.27 bits per heavy atom. The molecule has 1 aromatic carbocycles. The molecule has 84 valence electrons. The van der Waals surface area contributed by atoms with Crippen LogP contribution in [0.5, 0.6) is 0 Å². The Bertz CT molecular complexity index is 328. The number of hydrogen-bond acceptors (Lipinski definition) is 5. The zero-order valence-corrected chi connectivity index (χ0v) is 10.8. The van der Waals surface area contributed by atoms with Gasteiger partial charge in [0.1, 0.15) is 0 Å². The zero-order chi connectivity index (χ0) is 11.1. The van der Waals surface area contributed by atoms with E-state index in [0.29, 0.717) is 11.1 Å². The van der Waals surface area contributed by atoms with Gasteiger partial charge in [-0.3, -0.25) is 0 Å². The molecule has 0 amide bonds. The molecular formula is C7H9O4PS3. The first kappa shape index (κ1) is 13.4. The number of hydrogen-bond donors (Lipinski definition) is 2. The topological polar surface area (TPSA) is 66.8 Å². The molecule has 1 aromatic rings. The van der Waals surface area contributed by atoms with Crippen molar-refractivity contribution in [2.24, 2.45) is 0 Å². The van der Waals surface area contributed by atoms with E-state index >= 15 is 0 Å². The lowest BCUT2D eigenvalue weighted by Crippen LogP contribution is -1.76. The van der Waals surface area contributed by atoms with Gasteiger partial charge >= 0.3 is 7.82 Å². The van der Waals surface area contributed by atoms with Gasteiger partial charge in [-0.25, -0.2) is 8.54 Å². The molecule has 0 aliphatic heterocycles. The average Bonchev–Trinajstić information content (AvgIpc) is 2.17. The first-order chi connectivity index (χ1) is 7.08. The second-order valence-corrected chi connectivity index (χ2v) is 7.57. The predicted octanol–water partition coefficient (Wildman–Crippen LogP) is 3.24. The minimum absolute atomic E-state index is 0.696. The third-order valence-corrected chi connectivity index (χ3v) is 5.62. The molecule has 4 nitrogen and oxygen atoms in total. The maximum absolute atomic E-state index is 10.3. The van der Waals surface area contributed by atoms with Crippen molar-refractivity contribution < 1.29 is 18.3 Å². The van der Waals surface area contributed by atoms with Crippen LogP contribution in [-0.4, -0.2) is 9.79 Å². The van der Waals surface area contributed by atoms with Crippen LogP contribution < -0.4 is 0 Å². The minimum Gasteiger partial charge on any atom is -0.302 e. The van der Waals surface area contributed by atoms with E-state index in [1.54, 1.807) is 0 Å². The van der Waals surface area contributed by atoms with Crippen molar-refractivity contribution in [3.8, 4) is 0 Å². The van der Waals surface area contributed by atoms with Gasteiger partial charge in [0.2, 0.25) is 0 Å². The maximum atomic E-state index is 10.3. The van der Waals surface area contributed by atoms with E-state index in [0.717, 1.165) is 11.3 Å². The molecule has 0 aliphatic rings. The molecule has 2 N–H and O–H groups in total. The molecule has 1 rings (SSSR count). The van der Waals surface area contributed by atoms with Crippen molar-refractivity contribution in [3.63, 3.8) is 0 Å². The van der Waals surface area contributed by atoms with E-state index in [1.165, 1.54) is 20.6 Å². The zero-order valence-electron chi connectivity index (χ0n) is 7.48. The maximum Gasteiger partial charge on any atom is 0.481 e. The summed E-state index contributed by atoms with van der Waals surface area (Å²) in [7, 11) is -1.70. The minimum atomic E-state index is -4.35. The molecular weight excluding hydrogens is 275 g/mol. The Balaban J connectivity index is 2.10. The van der Waals surface area contributed by atoms with Crippen LogP contribution in [0, 0.1) is 0 Å². The Morgan fingerprint density at radius 2 is 1.93 bits per heavy atom. The van der Waals surface area contributed by atoms with E-state index < -0.39 is 7.82 Å². The van der Waals surface area contributed by atoms with Gasteiger partial charge in [0.25, 0.3) is 0 Å². The van der Waals surface area contributed by atoms with Gasteiger partial charge < -0.3 is 9.79 Å². The lowest BCUT2D eigenvalue weighted by molar-refractivity contribution is 0.300. The fraction of sp³-hybridized carbons (Fsp3) is 0.143. The summed E-state index contributed by atoms with van der Waals surface area (Å²) in [5.74, 6) is 0.767. The molecule has 0 spiro atoms. The molecule has 0 unspecified atom stereocenters. The highest BCUT2D eigenvalue weighted by Gasteiger charge is 2.14. The lowest BCUT2D eigenvalue weighted by Gasteiger charge is -2.02. The predicted molar refractivity (Wildman–Crippen MR) is 66.0 cm³/mol. The summed E-state index contributed by atoms with van der Waals surface area (Å²) in [6.45, 7) is 0. The van der Waals surface area contributed by atoms with Gasteiger partial charge in [0.05, 0.1) is 11.1 Å². The van der Waals surface area contributed by atoms with Crippen molar-refractivity contribution in [1.29, 1.82) is 0 Å². The van der Waals surface area contributed by atoms with E-state index in [-0.39, 0.29) is 0 Å². The molecule has 15 heavy (non-hydrogen) atoms. The summed E-state index contributed by atoms with van der Waals surface area (Å²) < 4.78 is 14.5. The molecule has 0 fully saturated rings. The van der Waals surface area contributed by atoms with Crippen molar-refractivity contribution in [3.05, 3.63) is 35.9 Å². The molecule has 0 bridgehead atoms. The number of benzene rings is 1. The van der Waals surface area contributed by atoms with Crippen LogP contribution in [0.4, 0.5) is 0 Å². The second-order valence-electron chi connectivity index (χ2n) is 2.45. The lowest BCUT2D eigenvalue weighted by atomic mass is 10.2. The molecule has 0 aromatic heterocycles. The monoisotopic (exact) mass is 284 g/mol. The van der Waals surface area contributed by atoms with Crippen molar-refractivity contribution in [1.82, 2.24) is 0 Å². The normalized spacial score (nSPS) is 11.6. The van der Waals surface area contributed by atoms with Gasteiger partial charge in [-0.1, -0.05) is 41.1 Å². The van der Waals surface area contributed by atoms with E-state index in [1.807, 2.05) is 30.3 Å². The van der Waals surface area contributed by atoms with Crippen LogP contribution >= 0.6 is 39.5 Å². The first-order valence-corrected chi connectivity index (χ1v) is 8.93. The Kier molecular flexibility index (Phi) is 6.14. The summed E-state index contributed by atoms with van der Waals surface area (Å²) in [4.78, 5) is 16.8. The molecule has 0 saturated carbocycles.